The number of nitriles is 1. The predicted octanol–water partition coefficient (Wildman–Crippen LogP) is 3.13. The largest absolute Gasteiger partial charge is 0.356 e. The minimum absolute atomic E-state index is 0.0348. The molecular weight excluding hydrogens is 294 g/mol. The van der Waals surface area contributed by atoms with Crippen LogP contribution in [0.4, 0.5) is 0 Å². The monoisotopic (exact) mass is 311 g/mol. The number of amides is 1. The van der Waals surface area contributed by atoms with E-state index < -0.39 is 0 Å². The van der Waals surface area contributed by atoms with Crippen molar-refractivity contribution in [2.24, 2.45) is 0 Å². The Bertz CT molecular complexity index is 714. The van der Waals surface area contributed by atoms with Gasteiger partial charge in [0.25, 0.3) is 5.91 Å². The van der Waals surface area contributed by atoms with Gasteiger partial charge in [0.2, 0.25) is 0 Å². The summed E-state index contributed by atoms with van der Waals surface area (Å²) in [6, 6.07) is 12.1. The van der Waals surface area contributed by atoms with E-state index in [4.69, 9.17) is 5.26 Å². The molecule has 2 aromatic rings. The third-order valence-corrected chi connectivity index (χ3v) is 4.92. The van der Waals surface area contributed by atoms with Crippen LogP contribution in [0.1, 0.15) is 33.2 Å². The first-order chi connectivity index (χ1) is 10.7. The summed E-state index contributed by atoms with van der Waals surface area (Å²) in [5.74, 6) is 1.81. The van der Waals surface area contributed by atoms with Gasteiger partial charge >= 0.3 is 0 Å². The van der Waals surface area contributed by atoms with E-state index in [-0.39, 0.29) is 11.9 Å². The minimum Gasteiger partial charge on any atom is -0.356 e. The number of hydrogen-bond donors (Lipinski definition) is 1. The van der Waals surface area contributed by atoms with Crippen molar-refractivity contribution < 1.29 is 4.79 Å². The number of nitrogens with zero attached hydrogens (tertiary/aromatic N) is 2. The highest BCUT2D eigenvalue weighted by Gasteiger charge is 2.29. The fraction of sp³-hybridized carbons (Fsp3) is 0.294. The number of nitrogens with one attached hydrogen (secondary N) is 1. The first-order valence-corrected chi connectivity index (χ1v) is 8.38. The van der Waals surface area contributed by atoms with Crippen LogP contribution < -0.4 is 0 Å². The molecule has 0 bridgehead atoms. The summed E-state index contributed by atoms with van der Waals surface area (Å²) < 4.78 is 0. The van der Waals surface area contributed by atoms with E-state index in [9.17, 15) is 4.79 Å². The van der Waals surface area contributed by atoms with Crippen molar-refractivity contribution in [3.63, 3.8) is 0 Å². The number of rotatable bonds is 2. The average Bonchev–Trinajstić information content (AvgIpc) is 3.04. The van der Waals surface area contributed by atoms with E-state index in [0.29, 0.717) is 11.3 Å². The van der Waals surface area contributed by atoms with Gasteiger partial charge in [0.1, 0.15) is 11.8 Å². The lowest BCUT2D eigenvalue weighted by atomic mass is 10.0. The molecule has 3 rings (SSSR count). The molecule has 1 aromatic heterocycles. The fourth-order valence-corrected chi connectivity index (χ4v) is 3.74. The zero-order chi connectivity index (χ0) is 15.5. The van der Waals surface area contributed by atoms with E-state index in [0.717, 1.165) is 18.1 Å². The summed E-state index contributed by atoms with van der Waals surface area (Å²) in [7, 11) is 0. The van der Waals surface area contributed by atoms with Gasteiger partial charge in [-0.1, -0.05) is 29.8 Å². The molecule has 22 heavy (non-hydrogen) atoms. The van der Waals surface area contributed by atoms with Gasteiger partial charge in [0, 0.05) is 24.2 Å². The Morgan fingerprint density at radius 3 is 2.86 bits per heavy atom. The molecule has 1 saturated heterocycles. The lowest BCUT2D eigenvalue weighted by Crippen LogP contribution is -2.40. The van der Waals surface area contributed by atoms with Gasteiger partial charge in [-0.25, -0.2) is 0 Å². The van der Waals surface area contributed by atoms with Gasteiger partial charge in [-0.3, -0.25) is 4.79 Å². The zero-order valence-electron chi connectivity index (χ0n) is 12.4. The molecule has 0 saturated carbocycles. The summed E-state index contributed by atoms with van der Waals surface area (Å²) >= 11 is 1.87. The molecule has 1 fully saturated rings. The van der Waals surface area contributed by atoms with Crippen LogP contribution in [0.15, 0.2) is 36.5 Å². The molecule has 0 spiro atoms. The van der Waals surface area contributed by atoms with Crippen LogP contribution in [0.3, 0.4) is 0 Å². The van der Waals surface area contributed by atoms with Crippen molar-refractivity contribution in [1.82, 2.24) is 9.88 Å². The van der Waals surface area contributed by atoms with Crippen LogP contribution in [0.2, 0.25) is 0 Å². The van der Waals surface area contributed by atoms with E-state index in [1.54, 1.807) is 12.3 Å². The molecule has 1 aliphatic rings. The molecule has 1 atom stereocenters. The highest BCUT2D eigenvalue weighted by molar-refractivity contribution is 7.99. The van der Waals surface area contributed by atoms with E-state index in [1.807, 2.05) is 22.7 Å². The Balaban J connectivity index is 1.87. The number of carbonyl (C=O) groups excluding carboxylic acids is 1. The maximum Gasteiger partial charge on any atom is 0.270 e. The number of carbonyl (C=O) groups is 1. The van der Waals surface area contributed by atoms with Crippen LogP contribution in [-0.2, 0) is 0 Å². The summed E-state index contributed by atoms with van der Waals surface area (Å²) in [5.41, 5.74) is 3.36. The Morgan fingerprint density at radius 2 is 2.18 bits per heavy atom. The molecule has 2 heterocycles. The summed E-state index contributed by atoms with van der Waals surface area (Å²) in [5, 5.41) is 8.90. The quantitative estimate of drug-likeness (QED) is 0.927. The minimum atomic E-state index is -0.0348. The first kappa shape index (κ1) is 14.7. The lowest BCUT2D eigenvalue weighted by Gasteiger charge is -2.35. The van der Waals surface area contributed by atoms with Gasteiger partial charge in [0.05, 0.1) is 11.6 Å². The van der Waals surface area contributed by atoms with Crippen LogP contribution in [-0.4, -0.2) is 33.8 Å². The van der Waals surface area contributed by atoms with Crippen molar-refractivity contribution in [1.29, 1.82) is 5.26 Å². The van der Waals surface area contributed by atoms with Crippen molar-refractivity contribution in [3.05, 3.63) is 58.9 Å². The van der Waals surface area contributed by atoms with Crippen LogP contribution in [0.5, 0.6) is 0 Å². The number of aryl methyl sites for hydroxylation is 1. The summed E-state index contributed by atoms with van der Waals surface area (Å²) in [6.45, 7) is 2.79. The fourth-order valence-electron chi connectivity index (χ4n) is 2.65. The van der Waals surface area contributed by atoms with Gasteiger partial charge in [-0.15, -0.1) is 0 Å². The number of aromatic nitrogens is 1. The number of benzene rings is 1. The Labute approximate surface area is 134 Å². The van der Waals surface area contributed by atoms with E-state index >= 15 is 0 Å². The van der Waals surface area contributed by atoms with Gasteiger partial charge in [-0.05, 0) is 18.6 Å². The molecule has 0 aliphatic carbocycles. The van der Waals surface area contributed by atoms with Crippen LogP contribution in [0, 0.1) is 18.3 Å². The maximum absolute atomic E-state index is 12.8. The normalized spacial score (nSPS) is 18.0. The molecule has 1 aliphatic heterocycles. The molecule has 4 nitrogen and oxygen atoms in total. The highest BCUT2D eigenvalue weighted by atomic mass is 32.2. The van der Waals surface area contributed by atoms with E-state index in [1.165, 1.54) is 11.1 Å². The molecule has 1 amide bonds. The number of H-pyrrole nitrogens is 1. The third-order valence-electron chi connectivity index (χ3n) is 3.89. The van der Waals surface area contributed by atoms with Gasteiger partial charge in [0.15, 0.2) is 0 Å². The smallest absolute Gasteiger partial charge is 0.270 e. The predicted molar refractivity (Wildman–Crippen MR) is 87.8 cm³/mol. The second kappa shape index (κ2) is 6.29. The SMILES string of the molecule is Cc1ccc([C@H]2CSCCN2C(=O)c2cc(C#N)c[nH]2)cc1. The van der Waals surface area contributed by atoms with Crippen molar-refractivity contribution >= 4 is 17.7 Å². The number of thioether (sulfide) groups is 1. The summed E-state index contributed by atoms with van der Waals surface area (Å²) in [4.78, 5) is 17.6. The lowest BCUT2D eigenvalue weighted by molar-refractivity contribution is 0.0696. The van der Waals surface area contributed by atoms with Crippen molar-refractivity contribution in [3.8, 4) is 6.07 Å². The molecular formula is C17H17N3OS. The molecule has 0 radical (unpaired) electrons. The molecule has 1 N–H and O–H groups in total. The second-order valence-corrected chi connectivity index (χ2v) is 6.56. The Kier molecular flexibility index (Phi) is 4.21. The summed E-state index contributed by atoms with van der Waals surface area (Å²) in [6.07, 6.45) is 1.58. The Hall–Kier alpha value is -2.19. The third kappa shape index (κ3) is 2.88. The first-order valence-electron chi connectivity index (χ1n) is 7.23. The number of aromatic amines is 1. The molecule has 112 valence electrons. The molecule has 0 unspecified atom stereocenters. The second-order valence-electron chi connectivity index (χ2n) is 5.41. The molecule has 5 heteroatoms. The average molecular weight is 311 g/mol. The van der Waals surface area contributed by atoms with Gasteiger partial charge in [-0.2, -0.15) is 17.0 Å². The topological polar surface area (TPSA) is 59.9 Å². The van der Waals surface area contributed by atoms with Crippen molar-refractivity contribution in [2.45, 2.75) is 13.0 Å². The number of hydrogen-bond acceptors (Lipinski definition) is 3. The highest BCUT2D eigenvalue weighted by Crippen LogP contribution is 2.30. The maximum atomic E-state index is 12.8. The molecule has 1 aromatic carbocycles. The van der Waals surface area contributed by atoms with Crippen LogP contribution >= 0.6 is 11.8 Å². The van der Waals surface area contributed by atoms with Crippen LogP contribution in [0.25, 0.3) is 0 Å². The van der Waals surface area contributed by atoms with E-state index in [2.05, 4.69) is 36.2 Å². The standard InChI is InChI=1S/C17H17N3OS/c1-12-2-4-14(5-3-12)16-11-22-7-6-20(16)17(21)15-8-13(9-18)10-19-15/h2-5,8,10,16,19H,6-7,11H2,1H3/t16-/m1/s1. The zero-order valence-corrected chi connectivity index (χ0v) is 13.2. The van der Waals surface area contributed by atoms with Crippen molar-refractivity contribution in [2.75, 3.05) is 18.1 Å². The Morgan fingerprint density at radius 1 is 1.41 bits per heavy atom. The van der Waals surface area contributed by atoms with Gasteiger partial charge < -0.3 is 9.88 Å².